The molecule has 0 radical (unpaired) electrons. The lowest BCUT2D eigenvalue weighted by Gasteiger charge is -2.24. The Morgan fingerprint density at radius 2 is 1.22 bits per heavy atom. The molecule has 1 aliphatic rings. The van der Waals surface area contributed by atoms with Gasteiger partial charge in [-0.05, 0) is 36.4 Å². The molecule has 1 aliphatic heterocycles. The molecular weight excluding hydrogens is 532 g/mol. The third-order valence-electron chi connectivity index (χ3n) is 6.17. The Morgan fingerprint density at radius 1 is 0.732 bits per heavy atom. The summed E-state index contributed by atoms with van der Waals surface area (Å²) in [7, 11) is 0. The maximum atomic E-state index is 13.1. The minimum atomic E-state index is -1.29. The third kappa shape index (κ3) is 6.28. The highest BCUT2D eigenvalue weighted by molar-refractivity contribution is 5.91. The van der Waals surface area contributed by atoms with Crippen LogP contribution in [0.25, 0.3) is 0 Å². The van der Waals surface area contributed by atoms with Crippen LogP contribution in [0.1, 0.15) is 47.9 Å². The van der Waals surface area contributed by atoms with Gasteiger partial charge in [0, 0.05) is 0 Å². The Kier molecular flexibility index (Phi) is 8.11. The first-order valence-corrected chi connectivity index (χ1v) is 12.5. The van der Waals surface area contributed by atoms with Crippen molar-refractivity contribution in [1.82, 2.24) is 14.8 Å². The fourth-order valence-electron chi connectivity index (χ4n) is 4.18. The number of aromatic nitrogens is 3. The number of amides is 1. The summed E-state index contributed by atoms with van der Waals surface area (Å²) in [6.07, 6.45) is -3.71. The van der Waals surface area contributed by atoms with Gasteiger partial charge in [0.05, 0.1) is 16.7 Å². The van der Waals surface area contributed by atoms with Crippen molar-refractivity contribution in [3.63, 3.8) is 0 Å². The van der Waals surface area contributed by atoms with Crippen LogP contribution < -0.4 is 5.73 Å². The number of nitrogens with two attached hydrogens (primary N) is 1. The number of benzene rings is 3. The highest BCUT2D eigenvalue weighted by Crippen LogP contribution is 2.35. The molecule has 1 fully saturated rings. The number of ether oxygens (including phenoxy) is 4. The summed E-state index contributed by atoms with van der Waals surface area (Å²) >= 11 is 0. The van der Waals surface area contributed by atoms with Crippen LogP contribution in [0.15, 0.2) is 97.3 Å². The van der Waals surface area contributed by atoms with E-state index in [1.54, 1.807) is 91.0 Å². The molecule has 41 heavy (non-hydrogen) atoms. The average molecular weight is 557 g/mol. The fraction of sp³-hybridized carbons (Fsp3) is 0.172. The van der Waals surface area contributed by atoms with E-state index in [1.807, 2.05) is 0 Å². The maximum Gasteiger partial charge on any atom is 0.338 e. The Balaban J connectivity index is 1.47. The smallest absolute Gasteiger partial charge is 0.338 e. The minimum Gasteiger partial charge on any atom is -0.459 e. The topological polar surface area (TPSA) is 162 Å². The molecule has 12 nitrogen and oxygen atoms in total. The number of primary amides is 1. The van der Waals surface area contributed by atoms with E-state index in [2.05, 4.69) is 10.1 Å². The summed E-state index contributed by atoms with van der Waals surface area (Å²) in [5.74, 6) is -3.29. The molecular formula is C29H24N4O8. The first-order valence-electron chi connectivity index (χ1n) is 12.5. The Labute approximate surface area is 233 Å². The molecule has 0 saturated carbocycles. The van der Waals surface area contributed by atoms with Gasteiger partial charge in [-0.15, -0.1) is 5.10 Å². The molecule has 208 valence electrons. The van der Waals surface area contributed by atoms with Gasteiger partial charge in [-0.1, -0.05) is 54.6 Å². The van der Waals surface area contributed by atoms with E-state index in [4.69, 9.17) is 24.7 Å². The summed E-state index contributed by atoms with van der Waals surface area (Å²) in [4.78, 5) is 54.4. The van der Waals surface area contributed by atoms with Crippen LogP contribution in [-0.2, 0) is 18.9 Å². The van der Waals surface area contributed by atoms with Gasteiger partial charge in [-0.3, -0.25) is 4.79 Å². The minimum absolute atomic E-state index is 0.231. The first kappa shape index (κ1) is 27.2. The summed E-state index contributed by atoms with van der Waals surface area (Å²) in [5.41, 5.74) is 6.08. The molecule has 5 rings (SSSR count). The van der Waals surface area contributed by atoms with Gasteiger partial charge in [0.1, 0.15) is 19.0 Å². The fourth-order valence-corrected chi connectivity index (χ4v) is 4.18. The molecule has 4 atom stereocenters. The monoisotopic (exact) mass is 556 g/mol. The van der Waals surface area contributed by atoms with Gasteiger partial charge >= 0.3 is 17.9 Å². The Hall–Kier alpha value is -5.36. The number of carbonyl (C=O) groups excluding carboxylic acids is 4. The molecule has 2 N–H and O–H groups in total. The quantitative estimate of drug-likeness (QED) is 0.240. The van der Waals surface area contributed by atoms with Gasteiger partial charge in [0.25, 0.3) is 5.91 Å². The number of hydrogen-bond donors (Lipinski definition) is 1. The van der Waals surface area contributed by atoms with Crippen molar-refractivity contribution < 1.29 is 38.1 Å². The summed E-state index contributed by atoms with van der Waals surface area (Å²) in [5, 5.41) is 4.04. The van der Waals surface area contributed by atoms with Crippen LogP contribution >= 0.6 is 0 Å². The first-order chi connectivity index (χ1) is 19.9. The zero-order valence-electron chi connectivity index (χ0n) is 21.4. The molecule has 1 saturated heterocycles. The van der Waals surface area contributed by atoms with Crippen molar-refractivity contribution in [3.05, 3.63) is 120 Å². The van der Waals surface area contributed by atoms with Crippen LogP contribution in [0.2, 0.25) is 0 Å². The zero-order chi connectivity index (χ0) is 28.8. The number of nitrogens with zero attached hydrogens (tertiary/aromatic N) is 3. The largest absolute Gasteiger partial charge is 0.459 e. The Morgan fingerprint density at radius 3 is 1.71 bits per heavy atom. The highest BCUT2D eigenvalue weighted by atomic mass is 16.7. The molecule has 0 unspecified atom stereocenters. The molecule has 1 aromatic heterocycles. The summed E-state index contributed by atoms with van der Waals surface area (Å²) in [6.45, 7) is -0.367. The van der Waals surface area contributed by atoms with Gasteiger partial charge in [0.2, 0.25) is 5.82 Å². The lowest BCUT2D eigenvalue weighted by molar-refractivity contribution is -0.0673. The molecule has 3 aromatic carbocycles. The lowest BCUT2D eigenvalue weighted by Crippen LogP contribution is -2.41. The average Bonchev–Trinajstić information content (AvgIpc) is 3.63. The normalized spacial score (nSPS) is 19.7. The van der Waals surface area contributed by atoms with E-state index in [1.165, 1.54) is 6.33 Å². The van der Waals surface area contributed by atoms with Crippen LogP contribution in [-0.4, -0.2) is 63.5 Å². The predicted molar refractivity (Wildman–Crippen MR) is 140 cm³/mol. The van der Waals surface area contributed by atoms with Gasteiger partial charge in [0.15, 0.2) is 18.4 Å². The second kappa shape index (κ2) is 12.2. The van der Waals surface area contributed by atoms with E-state index >= 15 is 0 Å². The molecule has 0 spiro atoms. The SMILES string of the molecule is NC(=O)c1ncn([C@@H]2O[C@H](COC(=O)c3ccccc3)[C@@H](OC(=O)c3ccccc3)[C@H]2OC(=O)c2ccccc2)n1. The molecule has 0 aliphatic carbocycles. The standard InChI is InChI=1S/C29H24N4O8/c30-24(34)25-31-17-33(32-25)26-23(41-29(37)20-14-8-3-9-15-20)22(40-28(36)19-12-6-2-7-13-19)21(39-26)16-38-27(35)18-10-4-1-5-11-18/h1-15,17,21-23,26H,16H2,(H2,30,34)/t21-,22-,23-,26-/m1/s1. The van der Waals surface area contributed by atoms with E-state index in [0.29, 0.717) is 5.56 Å². The molecule has 12 heteroatoms. The third-order valence-corrected chi connectivity index (χ3v) is 6.17. The van der Waals surface area contributed by atoms with Crippen LogP contribution in [0.3, 0.4) is 0 Å². The van der Waals surface area contributed by atoms with Crippen LogP contribution in [0.5, 0.6) is 0 Å². The van der Waals surface area contributed by atoms with Crippen molar-refractivity contribution in [3.8, 4) is 0 Å². The van der Waals surface area contributed by atoms with Gasteiger partial charge in [-0.2, -0.15) is 0 Å². The predicted octanol–water partition coefficient (Wildman–Crippen LogP) is 2.58. The van der Waals surface area contributed by atoms with Crippen LogP contribution in [0.4, 0.5) is 0 Å². The van der Waals surface area contributed by atoms with Gasteiger partial charge in [-0.25, -0.2) is 24.0 Å². The lowest BCUT2D eigenvalue weighted by atomic mass is 10.1. The van der Waals surface area contributed by atoms with Crippen molar-refractivity contribution in [1.29, 1.82) is 0 Å². The van der Waals surface area contributed by atoms with Crippen molar-refractivity contribution in [2.75, 3.05) is 6.61 Å². The second-order valence-electron chi connectivity index (χ2n) is 8.91. The summed E-state index contributed by atoms with van der Waals surface area (Å²) in [6, 6.07) is 24.6. The van der Waals surface area contributed by atoms with E-state index in [9.17, 15) is 19.2 Å². The van der Waals surface area contributed by atoms with E-state index < -0.39 is 48.4 Å². The number of carbonyl (C=O) groups is 4. The number of hydrogen-bond acceptors (Lipinski definition) is 10. The van der Waals surface area contributed by atoms with E-state index in [-0.39, 0.29) is 23.6 Å². The highest BCUT2D eigenvalue weighted by Gasteiger charge is 2.52. The molecule has 1 amide bonds. The summed E-state index contributed by atoms with van der Waals surface area (Å²) < 4.78 is 24.3. The zero-order valence-corrected chi connectivity index (χ0v) is 21.4. The molecule has 4 aromatic rings. The van der Waals surface area contributed by atoms with Crippen molar-refractivity contribution in [2.24, 2.45) is 5.73 Å². The molecule has 2 heterocycles. The van der Waals surface area contributed by atoms with Crippen molar-refractivity contribution in [2.45, 2.75) is 24.5 Å². The van der Waals surface area contributed by atoms with E-state index in [0.717, 1.165) is 4.68 Å². The Bertz CT molecular complexity index is 1530. The molecule has 0 bridgehead atoms. The van der Waals surface area contributed by atoms with Gasteiger partial charge < -0.3 is 24.7 Å². The number of esters is 3. The number of rotatable bonds is 9. The van der Waals surface area contributed by atoms with Crippen LogP contribution in [0, 0.1) is 0 Å². The second-order valence-corrected chi connectivity index (χ2v) is 8.91. The maximum absolute atomic E-state index is 13.1. The van der Waals surface area contributed by atoms with Crippen molar-refractivity contribution >= 4 is 23.8 Å².